The van der Waals surface area contributed by atoms with Gasteiger partial charge in [0.05, 0.1) is 25.2 Å². The number of fused-ring (bicyclic) bond motifs is 3. The van der Waals surface area contributed by atoms with Gasteiger partial charge in [0.2, 0.25) is 5.91 Å². The maximum atomic E-state index is 12.7. The van der Waals surface area contributed by atoms with E-state index in [-0.39, 0.29) is 97.8 Å². The molecule has 31 heavy (non-hydrogen) atoms. The molecule has 0 aromatic heterocycles. The first-order chi connectivity index (χ1) is 14.4. The van der Waals surface area contributed by atoms with Crippen molar-refractivity contribution in [3.8, 4) is 28.4 Å². The predicted octanol–water partition coefficient (Wildman–Crippen LogP) is 0.680. The molecule has 1 aliphatic rings. The molecule has 0 spiro atoms. The Kier molecular flexibility index (Phi) is 12.1. The van der Waals surface area contributed by atoms with E-state index in [0.717, 1.165) is 16.7 Å². The second kappa shape index (κ2) is 13.2. The van der Waals surface area contributed by atoms with Crippen LogP contribution in [0.3, 0.4) is 0 Å². The fraction of sp³-hybridized carbons (Fsp3) is 0.391. The van der Waals surface area contributed by atoms with Gasteiger partial charge in [-0.2, -0.15) is 0 Å². The van der Waals surface area contributed by atoms with Crippen LogP contribution in [0, 0.1) is 0 Å². The molecule has 1 unspecified atom stereocenters. The number of ether oxygens (including phenoxy) is 2. The minimum Gasteiger partial charge on any atom is -0.870 e. The molecule has 1 atom stereocenters. The second-order valence-electron chi connectivity index (χ2n) is 6.55. The molecule has 2 aromatic rings. The molecule has 1 amide bonds. The standard InChI is InChI=1S/C21H23NO5S.C2H6.Cs/c1-11(23)22-15-7-5-12-9-17(25)20(26-2)21(27-3)19(12)13-6-8-18(28-4)16(24)10-14(13)15;1-2;/h6,8-10,15,25H,5,7H2,1-4H3,(H,22,23);1-2H3;/q;;+1/p-1. The summed E-state index contributed by atoms with van der Waals surface area (Å²) in [5.41, 5.74) is 2.88. The van der Waals surface area contributed by atoms with Gasteiger partial charge in [0, 0.05) is 12.5 Å². The van der Waals surface area contributed by atoms with Gasteiger partial charge < -0.3 is 19.9 Å². The molecule has 162 valence electrons. The maximum Gasteiger partial charge on any atom is 1.00 e. The number of thioether (sulfide) groups is 1. The van der Waals surface area contributed by atoms with Gasteiger partial charge in [0.15, 0.2) is 16.9 Å². The van der Waals surface area contributed by atoms with Crippen molar-refractivity contribution in [2.24, 2.45) is 0 Å². The number of rotatable bonds is 4. The average Bonchev–Trinajstić information content (AvgIpc) is 2.97. The third-order valence-corrected chi connectivity index (χ3v) is 5.66. The van der Waals surface area contributed by atoms with E-state index in [0.29, 0.717) is 29.1 Å². The van der Waals surface area contributed by atoms with Crippen LogP contribution in [0.1, 0.15) is 44.4 Å². The number of hydrogen-bond acceptors (Lipinski definition) is 6. The van der Waals surface area contributed by atoms with Crippen LogP contribution in [-0.2, 0) is 11.2 Å². The van der Waals surface area contributed by atoms with Crippen LogP contribution in [0.5, 0.6) is 17.2 Å². The first-order valence-electron chi connectivity index (χ1n) is 9.85. The summed E-state index contributed by atoms with van der Waals surface area (Å²) in [7, 11) is 2.92. The summed E-state index contributed by atoms with van der Waals surface area (Å²) in [6.45, 7) is 5.45. The van der Waals surface area contributed by atoms with Gasteiger partial charge in [-0.1, -0.05) is 31.7 Å². The molecule has 0 radical (unpaired) electrons. The molecule has 8 heteroatoms. The summed E-state index contributed by atoms with van der Waals surface area (Å²) >= 11 is 1.36. The zero-order valence-corrected chi connectivity index (χ0v) is 26.3. The van der Waals surface area contributed by atoms with Crippen LogP contribution >= 0.6 is 11.8 Å². The van der Waals surface area contributed by atoms with Gasteiger partial charge in [-0.15, -0.1) is 11.8 Å². The second-order valence-corrected chi connectivity index (χ2v) is 7.39. The summed E-state index contributed by atoms with van der Waals surface area (Å²) in [5.74, 6) is 0.0375. The predicted molar refractivity (Wildman–Crippen MR) is 119 cm³/mol. The van der Waals surface area contributed by atoms with E-state index in [2.05, 4.69) is 5.32 Å². The van der Waals surface area contributed by atoms with Crippen molar-refractivity contribution in [1.29, 1.82) is 0 Å². The number of carbonyl (C=O) groups excluding carboxylic acids is 1. The summed E-state index contributed by atoms with van der Waals surface area (Å²) in [6.07, 6.45) is 2.96. The molecular weight excluding hydrogens is 535 g/mol. The Morgan fingerprint density at radius 3 is 2.35 bits per heavy atom. The fourth-order valence-corrected chi connectivity index (χ4v) is 4.17. The van der Waals surface area contributed by atoms with Crippen molar-refractivity contribution in [2.45, 2.75) is 44.6 Å². The van der Waals surface area contributed by atoms with Crippen molar-refractivity contribution in [3.63, 3.8) is 0 Å². The number of hydrogen-bond donors (Lipinski definition) is 1. The number of amides is 1. The zero-order chi connectivity index (χ0) is 22.4. The monoisotopic (exact) mass is 563 g/mol. The Labute approximate surface area is 246 Å². The van der Waals surface area contributed by atoms with Crippen LogP contribution in [0.4, 0.5) is 0 Å². The average molecular weight is 563 g/mol. The van der Waals surface area contributed by atoms with E-state index in [9.17, 15) is 14.7 Å². The van der Waals surface area contributed by atoms with E-state index in [1.165, 1.54) is 32.9 Å². The van der Waals surface area contributed by atoms with Crippen molar-refractivity contribution in [1.82, 2.24) is 5.32 Å². The van der Waals surface area contributed by atoms with E-state index >= 15 is 0 Å². The van der Waals surface area contributed by atoms with Crippen molar-refractivity contribution in [3.05, 3.63) is 45.6 Å². The summed E-state index contributed by atoms with van der Waals surface area (Å²) < 4.78 is 10.9. The zero-order valence-electron chi connectivity index (χ0n) is 19.3. The van der Waals surface area contributed by atoms with Gasteiger partial charge in [-0.25, -0.2) is 0 Å². The number of carbonyl (C=O) groups is 1. The van der Waals surface area contributed by atoms with Crippen molar-refractivity contribution in [2.75, 3.05) is 20.5 Å². The molecule has 0 saturated carbocycles. The molecule has 0 aliphatic heterocycles. The van der Waals surface area contributed by atoms with Gasteiger partial charge in [0.25, 0.3) is 0 Å². The minimum atomic E-state index is -0.347. The first kappa shape index (κ1) is 28.4. The molecule has 1 N–H and O–H groups in total. The molecule has 0 saturated heterocycles. The summed E-state index contributed by atoms with van der Waals surface area (Å²) in [4.78, 5) is 25.1. The largest absolute Gasteiger partial charge is 1.00 e. The van der Waals surface area contributed by atoms with Crippen LogP contribution in [-0.4, -0.2) is 26.4 Å². The first-order valence-corrected chi connectivity index (χ1v) is 11.1. The maximum absolute atomic E-state index is 12.7. The van der Waals surface area contributed by atoms with Crippen LogP contribution in [0.15, 0.2) is 34.0 Å². The van der Waals surface area contributed by atoms with Crippen LogP contribution < -0.4 is 94.2 Å². The van der Waals surface area contributed by atoms with E-state index < -0.39 is 0 Å². The van der Waals surface area contributed by atoms with E-state index in [4.69, 9.17) is 9.47 Å². The van der Waals surface area contributed by atoms with Gasteiger partial charge >= 0.3 is 68.9 Å². The Morgan fingerprint density at radius 1 is 1.16 bits per heavy atom. The molecule has 6 nitrogen and oxygen atoms in total. The Bertz CT molecular complexity index is 997. The summed E-state index contributed by atoms with van der Waals surface area (Å²) in [5, 5.41) is 15.4. The number of aryl methyl sites for hydroxylation is 1. The Balaban J connectivity index is 0.00000156. The topological polar surface area (TPSA) is 87.7 Å². The number of methoxy groups -OCH3 is 2. The van der Waals surface area contributed by atoms with Crippen LogP contribution in [0.25, 0.3) is 11.1 Å². The van der Waals surface area contributed by atoms with Gasteiger partial charge in [-0.05, 0) is 47.9 Å². The Morgan fingerprint density at radius 2 is 1.81 bits per heavy atom. The van der Waals surface area contributed by atoms with E-state index in [1.807, 2.05) is 26.2 Å². The molecule has 0 bridgehead atoms. The van der Waals surface area contributed by atoms with Crippen molar-refractivity contribution < 1.29 is 88.3 Å². The quantitative estimate of drug-likeness (QED) is 0.551. The molecule has 3 rings (SSSR count). The molecule has 0 fully saturated rings. The normalized spacial score (nSPS) is 13.8. The molecule has 0 heterocycles. The minimum absolute atomic E-state index is 0. The fourth-order valence-electron chi connectivity index (χ4n) is 3.71. The smallest absolute Gasteiger partial charge is 0.870 e. The molecular formula is C23H28CsNO5S. The number of benzene rings is 1. The molecule has 2 aromatic carbocycles. The number of nitrogens with one attached hydrogen (secondary N) is 1. The van der Waals surface area contributed by atoms with Crippen molar-refractivity contribution >= 4 is 17.7 Å². The third kappa shape index (κ3) is 6.25. The van der Waals surface area contributed by atoms with Gasteiger partial charge in [0.1, 0.15) is 0 Å². The third-order valence-electron chi connectivity index (χ3n) is 4.88. The SMILES string of the molecule is CC.COc1c([O-])cc2c(c1OC)-c1ccc(SC)c(=O)cc1C(NC(C)=O)CC2.[Cs+]. The summed E-state index contributed by atoms with van der Waals surface area (Å²) in [6, 6.07) is 6.41. The van der Waals surface area contributed by atoms with Crippen LogP contribution in [0.2, 0.25) is 0 Å². The van der Waals surface area contributed by atoms with Gasteiger partial charge in [-0.3, -0.25) is 9.59 Å². The molecule has 1 aliphatic carbocycles. The Hall–Kier alpha value is -0.618. The van der Waals surface area contributed by atoms with E-state index in [1.54, 1.807) is 18.2 Å².